The van der Waals surface area contributed by atoms with E-state index in [0.29, 0.717) is 0 Å². The van der Waals surface area contributed by atoms with Crippen molar-refractivity contribution in [3.63, 3.8) is 0 Å². The monoisotopic (exact) mass is 336 g/mol. The molecule has 8 heteroatoms. The fourth-order valence-electron chi connectivity index (χ4n) is 1.89. The molecule has 1 aromatic carbocycles. The quantitative estimate of drug-likeness (QED) is 0.713. The number of hydrogen-bond acceptors (Lipinski definition) is 6. The van der Waals surface area contributed by atoms with E-state index in [0.717, 1.165) is 5.56 Å². The highest BCUT2D eigenvalue weighted by Crippen LogP contribution is 2.51. The number of benzene rings is 1. The number of rotatable bonds is 7. The van der Waals surface area contributed by atoms with Crippen LogP contribution in [0.2, 0.25) is 0 Å². The van der Waals surface area contributed by atoms with E-state index in [4.69, 9.17) is 18.1 Å². The molecule has 0 saturated heterocycles. The van der Waals surface area contributed by atoms with Gasteiger partial charge in [-0.2, -0.15) is 0 Å². The van der Waals surface area contributed by atoms with Crippen molar-refractivity contribution in [2.75, 3.05) is 28.4 Å². The van der Waals surface area contributed by atoms with Crippen molar-refractivity contribution >= 4 is 25.8 Å². The van der Waals surface area contributed by atoms with E-state index in [1.165, 1.54) is 28.4 Å². The molecule has 1 rings (SSSR count). The Bertz CT molecular complexity index is 568. The molecule has 6 nitrogen and oxygen atoms in total. The fourth-order valence-corrected chi connectivity index (χ4v) is 4.98. The van der Waals surface area contributed by atoms with Crippen molar-refractivity contribution in [3.8, 4) is 0 Å². The van der Waals surface area contributed by atoms with Crippen LogP contribution in [-0.2, 0) is 27.2 Å². The Morgan fingerprint density at radius 3 is 1.62 bits per heavy atom. The zero-order chi connectivity index (χ0) is 16.3. The van der Waals surface area contributed by atoms with Crippen LogP contribution >= 0.6 is 15.2 Å². The predicted molar refractivity (Wildman–Crippen MR) is 83.0 cm³/mol. The summed E-state index contributed by atoms with van der Waals surface area (Å²) in [6.07, 6.45) is 0. The molecule has 0 bridgehead atoms. The second-order valence-electron chi connectivity index (χ2n) is 4.63. The molecule has 0 atom stereocenters. The van der Waals surface area contributed by atoms with Gasteiger partial charge in [0.15, 0.2) is 0 Å². The van der Waals surface area contributed by atoms with Gasteiger partial charge in [-0.15, -0.1) is 0 Å². The van der Waals surface area contributed by atoms with E-state index >= 15 is 0 Å². The Morgan fingerprint density at radius 1 is 0.810 bits per heavy atom. The third-order valence-corrected chi connectivity index (χ3v) is 7.26. The first-order valence-corrected chi connectivity index (χ1v) is 9.44. The highest BCUT2D eigenvalue weighted by atomic mass is 31.2. The molecule has 0 fully saturated rings. The van der Waals surface area contributed by atoms with Gasteiger partial charge in [0.2, 0.25) is 0 Å². The highest BCUT2D eigenvalue weighted by molar-refractivity contribution is 7.68. The second kappa shape index (κ2) is 7.19. The predicted octanol–water partition coefficient (Wildman–Crippen LogP) is 3.03. The van der Waals surface area contributed by atoms with Gasteiger partial charge in [-0.05, 0) is 23.6 Å². The maximum atomic E-state index is 12.7. The van der Waals surface area contributed by atoms with Crippen LogP contribution in [-0.4, -0.2) is 28.4 Å². The molecule has 0 amide bonds. The zero-order valence-electron chi connectivity index (χ0n) is 13.2. The minimum atomic E-state index is -3.59. The van der Waals surface area contributed by atoms with E-state index < -0.39 is 15.2 Å². The van der Waals surface area contributed by atoms with Crippen molar-refractivity contribution < 1.29 is 27.2 Å². The molecule has 0 saturated carbocycles. The standard InChI is InChI=1S/C13H22O6P2/c1-10(2)11-7-8-12(20(14,16-3)17-4)13(9-11)21(15,18-5)19-6/h7-10H,1-6H3. The Labute approximate surface area is 125 Å². The molecule has 0 aromatic heterocycles. The van der Waals surface area contributed by atoms with Gasteiger partial charge in [0.05, 0.1) is 10.6 Å². The average molecular weight is 336 g/mol. The lowest BCUT2D eigenvalue weighted by molar-refractivity contribution is 0.283. The first kappa shape index (κ1) is 18.6. The first-order valence-electron chi connectivity index (χ1n) is 6.36. The van der Waals surface area contributed by atoms with E-state index in [2.05, 4.69) is 0 Å². The van der Waals surface area contributed by atoms with E-state index in [1.54, 1.807) is 18.2 Å². The SMILES string of the molecule is COP(=O)(OC)c1ccc(C(C)C)cc1P(=O)(OC)OC. The van der Waals surface area contributed by atoms with Crippen molar-refractivity contribution in [3.05, 3.63) is 23.8 Å². The molecule has 0 N–H and O–H groups in total. The Hall–Kier alpha value is -0.480. The molecular weight excluding hydrogens is 314 g/mol. The average Bonchev–Trinajstić information content (AvgIpc) is 2.52. The van der Waals surface area contributed by atoms with Crippen LogP contribution in [0.5, 0.6) is 0 Å². The molecule has 120 valence electrons. The van der Waals surface area contributed by atoms with Crippen molar-refractivity contribution in [2.45, 2.75) is 19.8 Å². The molecule has 0 heterocycles. The first-order chi connectivity index (χ1) is 9.77. The van der Waals surface area contributed by atoms with Crippen molar-refractivity contribution in [1.82, 2.24) is 0 Å². The molecule has 0 aliphatic carbocycles. The largest absolute Gasteiger partial charge is 0.361 e. The summed E-state index contributed by atoms with van der Waals surface area (Å²) < 4.78 is 45.5. The lowest BCUT2D eigenvalue weighted by atomic mass is 10.0. The third kappa shape index (κ3) is 3.65. The Morgan fingerprint density at radius 2 is 1.24 bits per heavy atom. The van der Waals surface area contributed by atoms with Crippen molar-refractivity contribution in [2.24, 2.45) is 0 Å². The van der Waals surface area contributed by atoms with Crippen LogP contribution in [0.4, 0.5) is 0 Å². The van der Waals surface area contributed by atoms with E-state index in [1.807, 2.05) is 13.8 Å². The Balaban J connectivity index is 3.66. The van der Waals surface area contributed by atoms with E-state index in [-0.39, 0.29) is 16.5 Å². The van der Waals surface area contributed by atoms with Gasteiger partial charge in [0.25, 0.3) is 0 Å². The molecule has 0 aliphatic rings. The normalized spacial score (nSPS) is 12.9. The second-order valence-corrected chi connectivity index (χ2v) is 9.04. The summed E-state index contributed by atoms with van der Waals surface area (Å²) in [6, 6.07) is 5.05. The smallest absolute Gasteiger partial charge is 0.309 e. The van der Waals surface area contributed by atoms with Gasteiger partial charge >= 0.3 is 15.2 Å². The van der Waals surface area contributed by atoms with Crippen LogP contribution in [0.25, 0.3) is 0 Å². The molecule has 0 spiro atoms. The van der Waals surface area contributed by atoms with Crippen LogP contribution in [0.1, 0.15) is 25.3 Å². The molecule has 0 unspecified atom stereocenters. The molecule has 0 radical (unpaired) electrons. The minimum Gasteiger partial charge on any atom is -0.309 e. The Kier molecular flexibility index (Phi) is 6.36. The lowest BCUT2D eigenvalue weighted by Crippen LogP contribution is -2.28. The van der Waals surface area contributed by atoms with Crippen LogP contribution < -0.4 is 10.6 Å². The summed E-state index contributed by atoms with van der Waals surface area (Å²) in [7, 11) is -2.07. The summed E-state index contributed by atoms with van der Waals surface area (Å²) in [6.45, 7) is 3.99. The van der Waals surface area contributed by atoms with Crippen LogP contribution in [0.3, 0.4) is 0 Å². The van der Waals surface area contributed by atoms with Crippen LogP contribution in [0.15, 0.2) is 18.2 Å². The minimum absolute atomic E-state index is 0.184. The molecule has 1 aromatic rings. The van der Waals surface area contributed by atoms with Crippen molar-refractivity contribution in [1.29, 1.82) is 0 Å². The summed E-state index contributed by atoms with van der Waals surface area (Å²) in [5, 5.41) is 0.384. The molecular formula is C13H22O6P2. The van der Waals surface area contributed by atoms with Gasteiger partial charge in [-0.25, -0.2) is 0 Å². The fraction of sp³-hybridized carbons (Fsp3) is 0.538. The van der Waals surface area contributed by atoms with Gasteiger partial charge in [0, 0.05) is 28.4 Å². The van der Waals surface area contributed by atoms with Gasteiger partial charge in [-0.3, -0.25) is 9.13 Å². The van der Waals surface area contributed by atoms with E-state index in [9.17, 15) is 9.13 Å². The molecule has 0 aliphatic heterocycles. The topological polar surface area (TPSA) is 71.1 Å². The molecule has 21 heavy (non-hydrogen) atoms. The number of hydrogen-bond donors (Lipinski definition) is 0. The summed E-state index contributed by atoms with van der Waals surface area (Å²) in [4.78, 5) is 0. The third-order valence-electron chi connectivity index (χ3n) is 3.22. The highest BCUT2D eigenvalue weighted by Gasteiger charge is 2.37. The van der Waals surface area contributed by atoms with Crippen LogP contribution in [0, 0.1) is 0 Å². The summed E-state index contributed by atoms with van der Waals surface area (Å²) in [5.41, 5.74) is 0.918. The maximum absolute atomic E-state index is 12.7. The summed E-state index contributed by atoms with van der Waals surface area (Å²) in [5.74, 6) is 0.199. The zero-order valence-corrected chi connectivity index (χ0v) is 14.9. The van der Waals surface area contributed by atoms with Gasteiger partial charge in [-0.1, -0.05) is 19.9 Å². The lowest BCUT2D eigenvalue weighted by Gasteiger charge is -2.22. The van der Waals surface area contributed by atoms with Gasteiger partial charge in [0.1, 0.15) is 0 Å². The maximum Gasteiger partial charge on any atom is 0.361 e. The summed E-state index contributed by atoms with van der Waals surface area (Å²) >= 11 is 0. The van der Waals surface area contributed by atoms with Gasteiger partial charge < -0.3 is 18.1 Å².